The van der Waals surface area contributed by atoms with Crippen LogP contribution in [-0.2, 0) is 6.54 Å². The van der Waals surface area contributed by atoms with Gasteiger partial charge < -0.3 is 10.6 Å². The monoisotopic (exact) mass is 256 g/mol. The summed E-state index contributed by atoms with van der Waals surface area (Å²) in [6.45, 7) is 2.60. The predicted octanol–water partition coefficient (Wildman–Crippen LogP) is 2.71. The number of hydrogen-bond acceptors (Lipinski definition) is 2. The molecule has 1 aliphatic rings. The van der Waals surface area contributed by atoms with E-state index in [0.717, 1.165) is 31.1 Å². The first-order chi connectivity index (χ1) is 8.27. The van der Waals surface area contributed by atoms with Crippen molar-refractivity contribution in [3.63, 3.8) is 0 Å². The van der Waals surface area contributed by atoms with Crippen molar-refractivity contribution in [2.24, 2.45) is 0 Å². The molecule has 0 unspecified atom stereocenters. The van der Waals surface area contributed by atoms with Crippen LogP contribution in [0.15, 0.2) is 18.2 Å². The van der Waals surface area contributed by atoms with E-state index >= 15 is 0 Å². The van der Waals surface area contributed by atoms with Gasteiger partial charge in [-0.1, -0.05) is 23.7 Å². The third kappa shape index (κ3) is 4.26. The van der Waals surface area contributed by atoms with Gasteiger partial charge in [0.2, 0.25) is 0 Å². The van der Waals surface area contributed by atoms with Gasteiger partial charge in [-0.3, -0.25) is 0 Å². The highest BCUT2D eigenvalue weighted by Gasteiger charge is 2.19. The Morgan fingerprint density at radius 1 is 1.29 bits per heavy atom. The van der Waals surface area contributed by atoms with Gasteiger partial charge in [-0.05, 0) is 44.0 Å². The van der Waals surface area contributed by atoms with E-state index in [1.54, 1.807) is 6.07 Å². The summed E-state index contributed by atoms with van der Waals surface area (Å²) >= 11 is 5.86. The number of halogens is 2. The molecule has 0 bridgehead atoms. The van der Waals surface area contributed by atoms with Crippen LogP contribution in [0.2, 0.25) is 5.02 Å². The first-order valence-electron chi connectivity index (χ1n) is 6.14. The number of hydrogen-bond donors (Lipinski definition) is 2. The molecule has 0 aliphatic heterocycles. The summed E-state index contributed by atoms with van der Waals surface area (Å²) in [5.41, 5.74) is 0.821. The molecule has 1 fully saturated rings. The van der Waals surface area contributed by atoms with E-state index in [-0.39, 0.29) is 10.8 Å². The zero-order chi connectivity index (χ0) is 12.1. The molecule has 2 rings (SSSR count). The average molecular weight is 257 g/mol. The molecular weight excluding hydrogens is 239 g/mol. The van der Waals surface area contributed by atoms with Gasteiger partial charge in [0, 0.05) is 12.6 Å². The van der Waals surface area contributed by atoms with Crippen molar-refractivity contribution in [1.29, 1.82) is 0 Å². The van der Waals surface area contributed by atoms with Gasteiger partial charge in [-0.2, -0.15) is 0 Å². The third-order valence-corrected chi connectivity index (χ3v) is 3.31. The minimum Gasteiger partial charge on any atom is -0.314 e. The van der Waals surface area contributed by atoms with Crippen molar-refractivity contribution in [3.05, 3.63) is 34.6 Å². The topological polar surface area (TPSA) is 24.1 Å². The molecule has 1 aromatic carbocycles. The second-order valence-corrected chi connectivity index (χ2v) is 4.85. The fourth-order valence-corrected chi connectivity index (χ4v) is 1.91. The highest BCUT2D eigenvalue weighted by molar-refractivity contribution is 6.31. The van der Waals surface area contributed by atoms with E-state index in [1.807, 2.05) is 6.07 Å². The summed E-state index contributed by atoms with van der Waals surface area (Å²) < 4.78 is 13.1. The zero-order valence-corrected chi connectivity index (χ0v) is 10.6. The van der Waals surface area contributed by atoms with E-state index in [0.29, 0.717) is 6.54 Å². The van der Waals surface area contributed by atoms with Crippen LogP contribution in [0.4, 0.5) is 4.39 Å². The van der Waals surface area contributed by atoms with Gasteiger partial charge in [0.25, 0.3) is 0 Å². The molecule has 0 spiro atoms. The first kappa shape index (κ1) is 12.8. The van der Waals surface area contributed by atoms with Crippen LogP contribution in [0.3, 0.4) is 0 Å². The lowest BCUT2D eigenvalue weighted by atomic mass is 10.2. The molecule has 1 saturated carbocycles. The Hall–Kier alpha value is -0.640. The Morgan fingerprint density at radius 3 is 2.88 bits per heavy atom. The molecule has 0 saturated heterocycles. The summed E-state index contributed by atoms with van der Waals surface area (Å²) in [5.74, 6) is -0.346. The molecule has 0 amide bonds. The molecular formula is C13H18ClFN2. The molecule has 0 atom stereocenters. The Labute approximate surface area is 107 Å². The Balaban J connectivity index is 1.61. The minimum absolute atomic E-state index is 0.233. The quantitative estimate of drug-likeness (QED) is 0.733. The summed E-state index contributed by atoms with van der Waals surface area (Å²) in [4.78, 5) is 0. The molecule has 1 aromatic rings. The third-order valence-electron chi connectivity index (χ3n) is 2.89. The van der Waals surface area contributed by atoms with Gasteiger partial charge in [-0.15, -0.1) is 0 Å². The van der Waals surface area contributed by atoms with Crippen molar-refractivity contribution in [2.45, 2.75) is 31.8 Å². The van der Waals surface area contributed by atoms with Gasteiger partial charge in [0.1, 0.15) is 5.82 Å². The Kier molecular flexibility index (Phi) is 4.77. The fourth-order valence-electron chi connectivity index (χ4n) is 1.72. The molecule has 4 heteroatoms. The molecule has 2 nitrogen and oxygen atoms in total. The summed E-state index contributed by atoms with van der Waals surface area (Å²) in [7, 11) is 0. The van der Waals surface area contributed by atoms with E-state index < -0.39 is 0 Å². The molecule has 94 valence electrons. The van der Waals surface area contributed by atoms with Crippen molar-refractivity contribution < 1.29 is 4.39 Å². The van der Waals surface area contributed by atoms with E-state index in [4.69, 9.17) is 11.6 Å². The summed E-state index contributed by atoms with van der Waals surface area (Å²) in [5, 5.41) is 6.95. The van der Waals surface area contributed by atoms with E-state index in [2.05, 4.69) is 10.6 Å². The van der Waals surface area contributed by atoms with Crippen LogP contribution in [0, 0.1) is 5.82 Å². The molecule has 0 heterocycles. The molecule has 17 heavy (non-hydrogen) atoms. The SMILES string of the molecule is Fc1cccc(CNCCCNC2CC2)c1Cl. The summed E-state index contributed by atoms with van der Waals surface area (Å²) in [6.07, 6.45) is 3.74. The maximum atomic E-state index is 13.1. The standard InChI is InChI=1S/C13H18ClFN2/c14-13-10(3-1-4-12(13)15)9-16-7-2-8-17-11-5-6-11/h1,3-4,11,16-17H,2,5-9H2. The summed E-state index contributed by atoms with van der Waals surface area (Å²) in [6, 6.07) is 5.69. The number of benzene rings is 1. The predicted molar refractivity (Wildman–Crippen MR) is 68.8 cm³/mol. The minimum atomic E-state index is -0.346. The Bertz CT molecular complexity index is 366. The van der Waals surface area contributed by atoms with Gasteiger partial charge in [-0.25, -0.2) is 4.39 Å². The maximum absolute atomic E-state index is 13.1. The van der Waals surface area contributed by atoms with Crippen molar-refractivity contribution in [2.75, 3.05) is 13.1 Å². The lowest BCUT2D eigenvalue weighted by Crippen LogP contribution is -2.23. The number of nitrogens with one attached hydrogen (secondary N) is 2. The van der Waals surface area contributed by atoms with Crippen molar-refractivity contribution in [1.82, 2.24) is 10.6 Å². The van der Waals surface area contributed by atoms with Crippen LogP contribution >= 0.6 is 11.6 Å². The smallest absolute Gasteiger partial charge is 0.142 e. The second kappa shape index (κ2) is 6.34. The average Bonchev–Trinajstić information content (AvgIpc) is 3.12. The highest BCUT2D eigenvalue weighted by atomic mass is 35.5. The normalized spacial score (nSPS) is 15.2. The second-order valence-electron chi connectivity index (χ2n) is 4.47. The van der Waals surface area contributed by atoms with Crippen LogP contribution in [0.25, 0.3) is 0 Å². The van der Waals surface area contributed by atoms with E-state index in [9.17, 15) is 4.39 Å². The van der Waals surface area contributed by atoms with Gasteiger partial charge in [0.05, 0.1) is 5.02 Å². The van der Waals surface area contributed by atoms with Crippen LogP contribution in [0.1, 0.15) is 24.8 Å². The molecule has 1 aliphatic carbocycles. The number of rotatable bonds is 7. The zero-order valence-electron chi connectivity index (χ0n) is 9.81. The van der Waals surface area contributed by atoms with Gasteiger partial charge in [0.15, 0.2) is 0 Å². The largest absolute Gasteiger partial charge is 0.314 e. The van der Waals surface area contributed by atoms with Crippen LogP contribution in [-0.4, -0.2) is 19.1 Å². The first-order valence-corrected chi connectivity index (χ1v) is 6.52. The maximum Gasteiger partial charge on any atom is 0.142 e. The van der Waals surface area contributed by atoms with Crippen LogP contribution in [0.5, 0.6) is 0 Å². The lowest BCUT2D eigenvalue weighted by Gasteiger charge is -2.07. The fraction of sp³-hybridized carbons (Fsp3) is 0.538. The van der Waals surface area contributed by atoms with Crippen LogP contribution < -0.4 is 10.6 Å². The molecule has 2 N–H and O–H groups in total. The van der Waals surface area contributed by atoms with E-state index in [1.165, 1.54) is 18.9 Å². The Morgan fingerprint density at radius 2 is 2.12 bits per heavy atom. The highest BCUT2D eigenvalue weighted by Crippen LogP contribution is 2.19. The van der Waals surface area contributed by atoms with Crippen molar-refractivity contribution in [3.8, 4) is 0 Å². The van der Waals surface area contributed by atoms with Gasteiger partial charge >= 0.3 is 0 Å². The van der Waals surface area contributed by atoms with Crippen molar-refractivity contribution >= 4 is 11.6 Å². The molecule has 0 aromatic heterocycles. The molecule has 0 radical (unpaired) electrons. The lowest BCUT2D eigenvalue weighted by molar-refractivity contribution is 0.589.